The maximum absolute atomic E-state index is 11.7. The Bertz CT molecular complexity index is 396. The first-order chi connectivity index (χ1) is 9.00. The van der Waals surface area contributed by atoms with Gasteiger partial charge in [-0.2, -0.15) is 11.8 Å². The molecule has 4 heteroatoms. The van der Waals surface area contributed by atoms with Crippen LogP contribution in [0.15, 0.2) is 30.3 Å². The Morgan fingerprint density at radius 3 is 2.53 bits per heavy atom. The Kier molecular flexibility index (Phi) is 6.38. The highest BCUT2D eigenvalue weighted by Crippen LogP contribution is 2.24. The van der Waals surface area contributed by atoms with Crippen molar-refractivity contribution in [3.8, 4) is 0 Å². The lowest BCUT2D eigenvalue weighted by Crippen LogP contribution is -2.49. The number of nitrogens with two attached hydrogens (primary N) is 2. The standard InChI is InChI=1S/C15H24N2OS/c1-3-12(2)11-19-10-9-15(17,14(16)18)13-7-5-4-6-8-13/h4-8,12H,3,9-11,17H2,1-2H3,(H2,16,18). The summed E-state index contributed by atoms with van der Waals surface area (Å²) in [7, 11) is 0. The van der Waals surface area contributed by atoms with Crippen molar-refractivity contribution in [2.45, 2.75) is 32.2 Å². The van der Waals surface area contributed by atoms with Gasteiger partial charge in [-0.3, -0.25) is 4.79 Å². The second-order valence-electron chi connectivity index (χ2n) is 5.04. The molecule has 0 aromatic heterocycles. The minimum Gasteiger partial charge on any atom is -0.368 e. The minimum absolute atomic E-state index is 0.456. The second kappa shape index (κ2) is 7.56. The van der Waals surface area contributed by atoms with Crippen LogP contribution in [-0.2, 0) is 10.3 Å². The topological polar surface area (TPSA) is 69.1 Å². The van der Waals surface area contributed by atoms with Gasteiger partial charge in [0.2, 0.25) is 5.91 Å². The van der Waals surface area contributed by atoms with Crippen molar-refractivity contribution >= 4 is 17.7 Å². The normalized spacial score (nSPS) is 15.7. The van der Waals surface area contributed by atoms with E-state index in [1.165, 1.54) is 6.42 Å². The minimum atomic E-state index is -1.05. The van der Waals surface area contributed by atoms with Crippen LogP contribution in [0.1, 0.15) is 32.3 Å². The average Bonchev–Trinajstić information content (AvgIpc) is 2.43. The number of benzene rings is 1. The van der Waals surface area contributed by atoms with Crippen LogP contribution in [0.4, 0.5) is 0 Å². The number of rotatable bonds is 8. The molecule has 0 aliphatic carbocycles. The number of carbonyl (C=O) groups excluding carboxylic acids is 1. The first kappa shape index (κ1) is 16.1. The van der Waals surface area contributed by atoms with Crippen molar-refractivity contribution < 1.29 is 4.79 Å². The number of amides is 1. The third-order valence-corrected chi connectivity index (χ3v) is 4.77. The molecule has 0 bridgehead atoms. The fourth-order valence-corrected chi connectivity index (χ4v) is 3.05. The van der Waals surface area contributed by atoms with E-state index in [1.54, 1.807) is 0 Å². The Morgan fingerprint density at radius 1 is 1.37 bits per heavy atom. The Balaban J connectivity index is 2.61. The van der Waals surface area contributed by atoms with E-state index in [9.17, 15) is 4.79 Å². The van der Waals surface area contributed by atoms with Crippen molar-refractivity contribution in [2.24, 2.45) is 17.4 Å². The van der Waals surface area contributed by atoms with Gasteiger partial charge in [-0.25, -0.2) is 0 Å². The SMILES string of the molecule is CCC(C)CSCCC(N)(C(N)=O)c1ccccc1. The van der Waals surface area contributed by atoms with Gasteiger partial charge in [0.05, 0.1) is 0 Å². The maximum Gasteiger partial charge on any atom is 0.242 e. The summed E-state index contributed by atoms with van der Waals surface area (Å²) in [6, 6.07) is 9.40. The van der Waals surface area contributed by atoms with E-state index < -0.39 is 11.4 Å². The van der Waals surface area contributed by atoms with Gasteiger partial charge in [0.1, 0.15) is 5.54 Å². The summed E-state index contributed by atoms with van der Waals surface area (Å²) in [5, 5.41) is 0. The zero-order chi connectivity index (χ0) is 14.3. The third kappa shape index (κ3) is 4.55. The predicted octanol–water partition coefficient (Wildman–Crippen LogP) is 2.50. The van der Waals surface area contributed by atoms with Crippen molar-refractivity contribution in [1.29, 1.82) is 0 Å². The van der Waals surface area contributed by atoms with Gasteiger partial charge >= 0.3 is 0 Å². The molecule has 0 heterocycles. The van der Waals surface area contributed by atoms with Crippen LogP contribution in [0.25, 0.3) is 0 Å². The molecule has 0 radical (unpaired) electrons. The summed E-state index contributed by atoms with van der Waals surface area (Å²) in [6.07, 6.45) is 1.75. The summed E-state index contributed by atoms with van der Waals surface area (Å²) in [6.45, 7) is 4.42. The van der Waals surface area contributed by atoms with Crippen molar-refractivity contribution in [2.75, 3.05) is 11.5 Å². The number of carbonyl (C=O) groups is 1. The van der Waals surface area contributed by atoms with Crippen LogP contribution < -0.4 is 11.5 Å². The molecule has 0 fully saturated rings. The largest absolute Gasteiger partial charge is 0.368 e. The van der Waals surface area contributed by atoms with E-state index in [2.05, 4.69) is 13.8 Å². The highest BCUT2D eigenvalue weighted by molar-refractivity contribution is 7.99. The first-order valence-electron chi connectivity index (χ1n) is 6.72. The average molecular weight is 280 g/mol. The molecule has 2 atom stereocenters. The molecule has 0 aliphatic rings. The van der Waals surface area contributed by atoms with Crippen LogP contribution in [-0.4, -0.2) is 17.4 Å². The van der Waals surface area contributed by atoms with Crippen molar-refractivity contribution in [3.05, 3.63) is 35.9 Å². The van der Waals surface area contributed by atoms with Gasteiger partial charge in [0.25, 0.3) is 0 Å². The van der Waals surface area contributed by atoms with Crippen LogP contribution in [0.3, 0.4) is 0 Å². The quantitative estimate of drug-likeness (QED) is 0.719. The van der Waals surface area contributed by atoms with Gasteiger partial charge in [0, 0.05) is 0 Å². The lowest BCUT2D eigenvalue weighted by atomic mass is 9.88. The summed E-state index contributed by atoms with van der Waals surface area (Å²) in [4.78, 5) is 11.7. The van der Waals surface area contributed by atoms with Gasteiger partial charge in [0.15, 0.2) is 0 Å². The van der Waals surface area contributed by atoms with Crippen molar-refractivity contribution in [1.82, 2.24) is 0 Å². The fraction of sp³-hybridized carbons (Fsp3) is 0.533. The van der Waals surface area contributed by atoms with Crippen LogP contribution in [0.2, 0.25) is 0 Å². The summed E-state index contributed by atoms with van der Waals surface area (Å²) in [5.74, 6) is 2.18. The van der Waals surface area contributed by atoms with Gasteiger partial charge in [-0.1, -0.05) is 50.6 Å². The molecule has 1 aromatic rings. The zero-order valence-electron chi connectivity index (χ0n) is 11.8. The Labute approximate surface area is 120 Å². The summed E-state index contributed by atoms with van der Waals surface area (Å²) < 4.78 is 0. The highest BCUT2D eigenvalue weighted by Gasteiger charge is 2.33. The molecule has 106 valence electrons. The zero-order valence-corrected chi connectivity index (χ0v) is 12.6. The molecule has 0 aliphatic heterocycles. The second-order valence-corrected chi connectivity index (χ2v) is 6.19. The van der Waals surface area contributed by atoms with E-state index in [0.717, 1.165) is 17.1 Å². The van der Waals surface area contributed by atoms with E-state index in [4.69, 9.17) is 11.5 Å². The number of primary amides is 1. The maximum atomic E-state index is 11.7. The Hall–Kier alpha value is -1.00. The third-order valence-electron chi connectivity index (χ3n) is 3.47. The molecular weight excluding hydrogens is 256 g/mol. The van der Waals surface area contributed by atoms with Gasteiger partial charge < -0.3 is 11.5 Å². The summed E-state index contributed by atoms with van der Waals surface area (Å²) in [5.41, 5.74) is 11.5. The smallest absolute Gasteiger partial charge is 0.242 e. The molecule has 0 saturated carbocycles. The number of hydrogen-bond acceptors (Lipinski definition) is 3. The van der Waals surface area contributed by atoms with E-state index in [-0.39, 0.29) is 0 Å². The van der Waals surface area contributed by atoms with Gasteiger partial charge in [-0.15, -0.1) is 0 Å². The Morgan fingerprint density at radius 2 is 2.00 bits per heavy atom. The molecule has 1 rings (SSSR count). The molecule has 1 aromatic carbocycles. The monoisotopic (exact) mass is 280 g/mol. The molecule has 4 N–H and O–H groups in total. The number of thioether (sulfide) groups is 1. The lowest BCUT2D eigenvalue weighted by Gasteiger charge is -2.26. The van der Waals surface area contributed by atoms with Crippen LogP contribution >= 0.6 is 11.8 Å². The van der Waals surface area contributed by atoms with Gasteiger partial charge in [-0.05, 0) is 29.4 Å². The van der Waals surface area contributed by atoms with Crippen molar-refractivity contribution in [3.63, 3.8) is 0 Å². The highest BCUT2D eigenvalue weighted by atomic mass is 32.2. The number of hydrogen-bond donors (Lipinski definition) is 2. The first-order valence-corrected chi connectivity index (χ1v) is 7.88. The molecular formula is C15H24N2OS. The lowest BCUT2D eigenvalue weighted by molar-refractivity contribution is -0.123. The summed E-state index contributed by atoms with van der Waals surface area (Å²) >= 11 is 1.84. The van der Waals surface area contributed by atoms with E-state index >= 15 is 0 Å². The predicted molar refractivity (Wildman–Crippen MR) is 82.9 cm³/mol. The molecule has 0 saturated heterocycles. The fourth-order valence-electron chi connectivity index (χ4n) is 1.78. The molecule has 1 amide bonds. The van der Waals surface area contributed by atoms with Crippen LogP contribution in [0.5, 0.6) is 0 Å². The molecule has 2 unspecified atom stereocenters. The molecule has 3 nitrogen and oxygen atoms in total. The van der Waals surface area contributed by atoms with Crippen LogP contribution in [0, 0.1) is 5.92 Å². The molecule has 0 spiro atoms. The van der Waals surface area contributed by atoms with E-state index in [1.807, 2.05) is 42.1 Å². The molecule has 19 heavy (non-hydrogen) atoms. The van der Waals surface area contributed by atoms with E-state index in [0.29, 0.717) is 12.3 Å².